The summed E-state index contributed by atoms with van der Waals surface area (Å²) < 4.78 is 3.37. The fourth-order valence-corrected chi connectivity index (χ4v) is 3.36. The summed E-state index contributed by atoms with van der Waals surface area (Å²) in [5, 5.41) is 3.43. The number of nitrogens with zero attached hydrogens (tertiary/aromatic N) is 2. The molecule has 1 aliphatic rings. The molecule has 1 aromatic carbocycles. The van der Waals surface area contributed by atoms with Crippen molar-refractivity contribution in [3.63, 3.8) is 0 Å². The molecule has 20 heavy (non-hydrogen) atoms. The third-order valence-corrected chi connectivity index (χ3v) is 4.44. The second-order valence-electron chi connectivity index (χ2n) is 5.29. The van der Waals surface area contributed by atoms with Gasteiger partial charge in [0.2, 0.25) is 0 Å². The Kier molecular flexibility index (Phi) is 4.24. The van der Waals surface area contributed by atoms with E-state index in [4.69, 9.17) is 0 Å². The van der Waals surface area contributed by atoms with E-state index in [9.17, 15) is 0 Å². The van der Waals surface area contributed by atoms with Crippen LogP contribution in [0.15, 0.2) is 47.1 Å². The number of hydrogen-bond acceptors (Lipinski definition) is 2. The van der Waals surface area contributed by atoms with Crippen LogP contribution in [0, 0.1) is 0 Å². The summed E-state index contributed by atoms with van der Waals surface area (Å²) in [7, 11) is 2.13. The van der Waals surface area contributed by atoms with Crippen LogP contribution >= 0.6 is 15.9 Å². The molecule has 0 amide bonds. The molecule has 1 unspecified atom stereocenters. The number of aromatic nitrogens is 1. The van der Waals surface area contributed by atoms with Crippen LogP contribution in [0.25, 0.3) is 0 Å². The van der Waals surface area contributed by atoms with Gasteiger partial charge in [0.1, 0.15) is 0 Å². The van der Waals surface area contributed by atoms with E-state index in [1.54, 1.807) is 0 Å². The van der Waals surface area contributed by atoms with E-state index >= 15 is 0 Å². The lowest BCUT2D eigenvalue weighted by atomic mass is 10.0. The number of piperazine rings is 1. The summed E-state index contributed by atoms with van der Waals surface area (Å²) in [6.07, 6.45) is 2.13. The van der Waals surface area contributed by atoms with Crippen molar-refractivity contribution < 1.29 is 0 Å². The second kappa shape index (κ2) is 6.12. The van der Waals surface area contributed by atoms with Gasteiger partial charge in [0.05, 0.1) is 6.04 Å². The Labute approximate surface area is 128 Å². The maximum atomic E-state index is 3.60. The zero-order valence-corrected chi connectivity index (χ0v) is 13.3. The molecular weight excluding hydrogens is 314 g/mol. The van der Waals surface area contributed by atoms with Gasteiger partial charge in [0.25, 0.3) is 0 Å². The first kappa shape index (κ1) is 13.9. The lowest BCUT2D eigenvalue weighted by Gasteiger charge is -2.35. The van der Waals surface area contributed by atoms with E-state index < -0.39 is 0 Å². The van der Waals surface area contributed by atoms with E-state index in [1.807, 2.05) is 0 Å². The number of nitrogens with one attached hydrogen (secondary N) is 1. The van der Waals surface area contributed by atoms with E-state index in [-0.39, 0.29) is 0 Å². The summed E-state index contributed by atoms with van der Waals surface area (Å²) in [5.74, 6) is 0. The molecule has 4 heteroatoms. The van der Waals surface area contributed by atoms with Crippen molar-refractivity contribution in [2.45, 2.75) is 6.04 Å². The van der Waals surface area contributed by atoms with Crippen LogP contribution in [0.3, 0.4) is 0 Å². The van der Waals surface area contributed by atoms with Gasteiger partial charge in [-0.25, -0.2) is 0 Å². The number of rotatable bonds is 3. The minimum Gasteiger partial charge on any atom is -0.353 e. The first-order valence-electron chi connectivity index (χ1n) is 7.07. The molecule has 1 N–H and O–H groups in total. The SMILES string of the molecule is Cn1cccc1C(c1cccc(Br)c1)N1CCNCC1. The Morgan fingerprint density at radius 3 is 2.60 bits per heavy atom. The Balaban J connectivity index is 2.01. The molecule has 0 aliphatic carbocycles. The minimum atomic E-state index is 0.328. The van der Waals surface area contributed by atoms with E-state index in [0.717, 1.165) is 30.7 Å². The van der Waals surface area contributed by atoms with Crippen LogP contribution in [-0.4, -0.2) is 35.6 Å². The van der Waals surface area contributed by atoms with Gasteiger partial charge >= 0.3 is 0 Å². The summed E-state index contributed by atoms with van der Waals surface area (Å²) in [6, 6.07) is 13.4. The van der Waals surface area contributed by atoms with Crippen LogP contribution in [0.5, 0.6) is 0 Å². The molecular formula is C16H20BrN3. The van der Waals surface area contributed by atoms with E-state index in [0.29, 0.717) is 6.04 Å². The average molecular weight is 334 g/mol. The molecule has 1 aromatic heterocycles. The quantitative estimate of drug-likeness (QED) is 0.931. The largest absolute Gasteiger partial charge is 0.353 e. The summed E-state index contributed by atoms with van der Waals surface area (Å²) in [6.45, 7) is 4.30. The van der Waals surface area contributed by atoms with E-state index in [1.165, 1.54) is 11.3 Å². The highest BCUT2D eigenvalue weighted by Crippen LogP contribution is 2.30. The fourth-order valence-electron chi connectivity index (χ4n) is 2.94. The zero-order valence-electron chi connectivity index (χ0n) is 11.7. The lowest BCUT2D eigenvalue weighted by Crippen LogP contribution is -2.45. The van der Waals surface area contributed by atoms with E-state index in [2.05, 4.69) is 80.4 Å². The van der Waals surface area contributed by atoms with Gasteiger partial charge in [-0.2, -0.15) is 0 Å². The van der Waals surface area contributed by atoms with Crippen molar-refractivity contribution >= 4 is 15.9 Å². The normalized spacial score (nSPS) is 18.1. The standard InChI is InChI=1S/C16H20BrN3/c1-19-9-3-6-15(19)16(20-10-7-18-8-11-20)13-4-2-5-14(17)12-13/h2-6,9,12,16,18H,7-8,10-11H2,1H3. The average Bonchev–Trinajstić information content (AvgIpc) is 2.87. The van der Waals surface area contributed by atoms with Gasteiger partial charge in [0.15, 0.2) is 0 Å². The fraction of sp³-hybridized carbons (Fsp3) is 0.375. The molecule has 0 bridgehead atoms. The number of hydrogen-bond donors (Lipinski definition) is 1. The third kappa shape index (κ3) is 2.82. The molecule has 3 nitrogen and oxygen atoms in total. The monoisotopic (exact) mass is 333 g/mol. The van der Waals surface area contributed by atoms with Gasteiger partial charge in [-0.3, -0.25) is 4.90 Å². The zero-order chi connectivity index (χ0) is 13.9. The van der Waals surface area contributed by atoms with Crippen molar-refractivity contribution in [1.82, 2.24) is 14.8 Å². The summed E-state index contributed by atoms with van der Waals surface area (Å²) >= 11 is 3.60. The topological polar surface area (TPSA) is 20.2 Å². The highest BCUT2D eigenvalue weighted by Gasteiger charge is 2.25. The van der Waals surface area contributed by atoms with Crippen molar-refractivity contribution in [3.8, 4) is 0 Å². The van der Waals surface area contributed by atoms with Gasteiger partial charge in [0, 0.05) is 49.6 Å². The van der Waals surface area contributed by atoms with Crippen molar-refractivity contribution in [2.75, 3.05) is 26.2 Å². The van der Waals surface area contributed by atoms with Crippen molar-refractivity contribution in [3.05, 3.63) is 58.3 Å². The molecule has 0 radical (unpaired) electrons. The Morgan fingerprint density at radius 2 is 1.95 bits per heavy atom. The van der Waals surface area contributed by atoms with Crippen LogP contribution in [0.2, 0.25) is 0 Å². The van der Waals surface area contributed by atoms with Crippen molar-refractivity contribution in [1.29, 1.82) is 0 Å². The molecule has 1 atom stereocenters. The lowest BCUT2D eigenvalue weighted by molar-refractivity contribution is 0.193. The Morgan fingerprint density at radius 1 is 1.15 bits per heavy atom. The molecule has 3 rings (SSSR count). The maximum absolute atomic E-state index is 3.60. The van der Waals surface area contributed by atoms with Crippen LogP contribution in [-0.2, 0) is 7.05 Å². The smallest absolute Gasteiger partial charge is 0.0757 e. The molecule has 1 aliphatic heterocycles. The molecule has 0 saturated carbocycles. The first-order valence-corrected chi connectivity index (χ1v) is 7.86. The molecule has 2 aromatic rings. The van der Waals surface area contributed by atoms with Crippen LogP contribution < -0.4 is 5.32 Å². The molecule has 0 spiro atoms. The number of halogens is 1. The van der Waals surface area contributed by atoms with Crippen molar-refractivity contribution in [2.24, 2.45) is 7.05 Å². The van der Waals surface area contributed by atoms with Gasteiger partial charge in [-0.05, 0) is 29.8 Å². The highest BCUT2D eigenvalue weighted by atomic mass is 79.9. The molecule has 1 fully saturated rings. The summed E-state index contributed by atoms with van der Waals surface area (Å²) in [5.41, 5.74) is 2.70. The second-order valence-corrected chi connectivity index (χ2v) is 6.20. The van der Waals surface area contributed by atoms with Crippen LogP contribution in [0.1, 0.15) is 17.3 Å². The molecule has 106 valence electrons. The minimum absolute atomic E-state index is 0.328. The Bertz CT molecular complexity index is 573. The maximum Gasteiger partial charge on any atom is 0.0757 e. The summed E-state index contributed by atoms with van der Waals surface area (Å²) in [4.78, 5) is 2.56. The van der Waals surface area contributed by atoms with Crippen LogP contribution in [0.4, 0.5) is 0 Å². The first-order chi connectivity index (χ1) is 9.75. The molecule has 1 saturated heterocycles. The Hall–Kier alpha value is -1.10. The third-order valence-electron chi connectivity index (χ3n) is 3.95. The molecule has 2 heterocycles. The predicted octanol–water partition coefficient (Wildman–Crippen LogP) is 2.78. The van der Waals surface area contributed by atoms with Gasteiger partial charge in [-0.15, -0.1) is 0 Å². The van der Waals surface area contributed by atoms with Gasteiger partial charge in [-0.1, -0.05) is 28.1 Å². The number of benzene rings is 1. The number of aryl methyl sites for hydroxylation is 1. The highest BCUT2D eigenvalue weighted by molar-refractivity contribution is 9.10. The van der Waals surface area contributed by atoms with Gasteiger partial charge < -0.3 is 9.88 Å². The predicted molar refractivity (Wildman–Crippen MR) is 85.8 cm³/mol.